The molecule has 0 aliphatic rings. The SMILES string of the molecule is CC(C)C(S)C(=O)N(C)C(C)CO. The molecule has 13 heavy (non-hydrogen) atoms. The summed E-state index contributed by atoms with van der Waals surface area (Å²) in [7, 11) is 1.69. The van der Waals surface area contributed by atoms with Gasteiger partial charge in [-0.1, -0.05) is 13.8 Å². The highest BCUT2D eigenvalue weighted by atomic mass is 32.1. The standard InChI is InChI=1S/C9H19NO2S/c1-6(2)8(13)9(12)10(4)7(3)5-11/h6-8,11,13H,5H2,1-4H3. The molecular weight excluding hydrogens is 186 g/mol. The molecule has 0 radical (unpaired) electrons. The highest BCUT2D eigenvalue weighted by molar-refractivity contribution is 7.81. The van der Waals surface area contributed by atoms with Crippen LogP contribution in [0.15, 0.2) is 0 Å². The lowest BCUT2D eigenvalue weighted by atomic mass is 10.1. The van der Waals surface area contributed by atoms with Gasteiger partial charge in [0.05, 0.1) is 17.9 Å². The molecule has 1 N–H and O–H groups in total. The minimum absolute atomic E-state index is 0.0131. The molecule has 0 fully saturated rings. The third-order valence-electron chi connectivity index (χ3n) is 2.16. The zero-order chi connectivity index (χ0) is 10.6. The van der Waals surface area contributed by atoms with Gasteiger partial charge in [-0.05, 0) is 12.8 Å². The summed E-state index contributed by atoms with van der Waals surface area (Å²) in [5.74, 6) is 0.184. The molecule has 0 bridgehead atoms. The Hall–Kier alpha value is -0.220. The number of rotatable bonds is 4. The Balaban J connectivity index is 4.25. The van der Waals surface area contributed by atoms with Crippen molar-refractivity contribution in [3.8, 4) is 0 Å². The van der Waals surface area contributed by atoms with Crippen molar-refractivity contribution in [3.05, 3.63) is 0 Å². The van der Waals surface area contributed by atoms with E-state index in [4.69, 9.17) is 5.11 Å². The predicted octanol–water partition coefficient (Wildman–Crippen LogP) is 0.780. The third kappa shape index (κ3) is 3.56. The average molecular weight is 205 g/mol. The van der Waals surface area contributed by atoms with Crippen LogP contribution in [0.5, 0.6) is 0 Å². The van der Waals surface area contributed by atoms with E-state index in [1.165, 1.54) is 4.90 Å². The van der Waals surface area contributed by atoms with E-state index in [0.717, 1.165) is 0 Å². The number of nitrogens with zero attached hydrogens (tertiary/aromatic N) is 1. The Morgan fingerprint density at radius 3 is 2.23 bits per heavy atom. The van der Waals surface area contributed by atoms with Gasteiger partial charge in [0.25, 0.3) is 0 Å². The molecule has 0 aliphatic carbocycles. The summed E-state index contributed by atoms with van der Waals surface area (Å²) in [5, 5.41) is 8.58. The van der Waals surface area contributed by atoms with Gasteiger partial charge in [0, 0.05) is 7.05 Å². The van der Waals surface area contributed by atoms with Gasteiger partial charge in [0.1, 0.15) is 0 Å². The van der Waals surface area contributed by atoms with Crippen LogP contribution >= 0.6 is 12.6 Å². The van der Waals surface area contributed by atoms with Gasteiger partial charge in [-0.15, -0.1) is 0 Å². The second-order valence-corrected chi connectivity index (χ2v) is 4.23. The first-order chi connectivity index (χ1) is 5.91. The van der Waals surface area contributed by atoms with Crippen LogP contribution in [0.4, 0.5) is 0 Å². The van der Waals surface area contributed by atoms with Crippen LogP contribution in [0, 0.1) is 5.92 Å². The summed E-state index contributed by atoms with van der Waals surface area (Å²) >= 11 is 4.22. The van der Waals surface area contributed by atoms with Crippen molar-refractivity contribution >= 4 is 18.5 Å². The first-order valence-corrected chi connectivity index (χ1v) is 4.99. The number of aliphatic hydroxyl groups is 1. The van der Waals surface area contributed by atoms with E-state index in [1.807, 2.05) is 13.8 Å². The summed E-state index contributed by atoms with van der Waals surface area (Å²) in [5.41, 5.74) is 0. The van der Waals surface area contributed by atoms with Gasteiger partial charge in [0.2, 0.25) is 5.91 Å². The van der Waals surface area contributed by atoms with Crippen LogP contribution in [0.2, 0.25) is 0 Å². The van der Waals surface area contributed by atoms with Gasteiger partial charge in [-0.25, -0.2) is 0 Å². The van der Waals surface area contributed by atoms with E-state index < -0.39 is 0 Å². The van der Waals surface area contributed by atoms with Crippen molar-refractivity contribution in [1.29, 1.82) is 0 Å². The summed E-state index contributed by atoms with van der Waals surface area (Å²) in [6.07, 6.45) is 0. The Labute approximate surface area is 85.5 Å². The summed E-state index contributed by atoms with van der Waals surface area (Å²) in [4.78, 5) is 13.2. The lowest BCUT2D eigenvalue weighted by Crippen LogP contribution is -2.43. The average Bonchev–Trinajstić information content (AvgIpc) is 2.12. The molecule has 0 rings (SSSR count). The monoisotopic (exact) mass is 205 g/mol. The molecule has 0 aliphatic heterocycles. The Morgan fingerprint density at radius 2 is 1.92 bits per heavy atom. The van der Waals surface area contributed by atoms with E-state index >= 15 is 0 Å². The molecule has 0 saturated carbocycles. The number of aliphatic hydroxyl groups excluding tert-OH is 1. The van der Waals surface area contributed by atoms with E-state index in [2.05, 4.69) is 12.6 Å². The Bertz CT molecular complexity index is 173. The minimum Gasteiger partial charge on any atom is -0.394 e. The van der Waals surface area contributed by atoms with Crippen LogP contribution < -0.4 is 0 Å². The number of thiol groups is 1. The van der Waals surface area contributed by atoms with E-state index in [0.29, 0.717) is 0 Å². The molecule has 3 nitrogen and oxygen atoms in total. The van der Waals surface area contributed by atoms with Crippen molar-refractivity contribution in [3.63, 3.8) is 0 Å². The van der Waals surface area contributed by atoms with Crippen molar-refractivity contribution in [2.75, 3.05) is 13.7 Å². The Kier molecular flexibility index (Phi) is 5.40. The second kappa shape index (κ2) is 5.50. The zero-order valence-corrected chi connectivity index (χ0v) is 9.58. The van der Waals surface area contributed by atoms with Crippen LogP contribution in [0.25, 0.3) is 0 Å². The first-order valence-electron chi connectivity index (χ1n) is 4.47. The van der Waals surface area contributed by atoms with Crippen molar-refractivity contribution in [1.82, 2.24) is 4.90 Å². The molecule has 0 aromatic heterocycles. The lowest BCUT2D eigenvalue weighted by Gasteiger charge is -2.27. The van der Waals surface area contributed by atoms with Crippen molar-refractivity contribution < 1.29 is 9.90 Å². The smallest absolute Gasteiger partial charge is 0.235 e. The van der Waals surface area contributed by atoms with Gasteiger partial charge in [-0.2, -0.15) is 12.6 Å². The van der Waals surface area contributed by atoms with Gasteiger partial charge >= 0.3 is 0 Å². The molecule has 4 heteroatoms. The second-order valence-electron chi connectivity index (χ2n) is 3.67. The molecule has 0 saturated heterocycles. The highest BCUT2D eigenvalue weighted by Crippen LogP contribution is 2.12. The minimum atomic E-state index is -0.279. The van der Waals surface area contributed by atoms with Gasteiger partial charge < -0.3 is 10.0 Å². The molecule has 0 spiro atoms. The Morgan fingerprint density at radius 1 is 1.46 bits per heavy atom. The topological polar surface area (TPSA) is 40.5 Å². The lowest BCUT2D eigenvalue weighted by molar-refractivity contribution is -0.132. The molecule has 0 heterocycles. The maximum Gasteiger partial charge on any atom is 0.235 e. The number of carbonyl (C=O) groups is 1. The number of hydrogen-bond acceptors (Lipinski definition) is 3. The summed E-state index contributed by atoms with van der Waals surface area (Å²) < 4.78 is 0. The summed E-state index contributed by atoms with van der Waals surface area (Å²) in [6.45, 7) is 5.69. The first kappa shape index (κ1) is 12.8. The molecule has 0 aromatic carbocycles. The molecule has 1 amide bonds. The normalized spacial score (nSPS) is 15.6. The highest BCUT2D eigenvalue weighted by Gasteiger charge is 2.23. The number of amides is 1. The quantitative estimate of drug-likeness (QED) is 0.666. The number of hydrogen-bond donors (Lipinski definition) is 2. The van der Waals surface area contributed by atoms with Crippen LogP contribution in [-0.2, 0) is 4.79 Å². The largest absolute Gasteiger partial charge is 0.394 e. The molecule has 2 unspecified atom stereocenters. The maximum atomic E-state index is 11.6. The fourth-order valence-corrected chi connectivity index (χ4v) is 1.02. The van der Waals surface area contributed by atoms with Gasteiger partial charge in [-0.3, -0.25) is 4.79 Å². The van der Waals surface area contributed by atoms with Crippen LogP contribution in [0.3, 0.4) is 0 Å². The fourth-order valence-electron chi connectivity index (χ4n) is 0.833. The summed E-state index contributed by atoms with van der Waals surface area (Å²) in [6, 6.07) is -0.138. The van der Waals surface area contributed by atoms with Crippen LogP contribution in [0.1, 0.15) is 20.8 Å². The molecule has 0 aromatic rings. The molecular formula is C9H19NO2S. The van der Waals surface area contributed by atoms with Gasteiger partial charge in [0.15, 0.2) is 0 Å². The van der Waals surface area contributed by atoms with Crippen molar-refractivity contribution in [2.45, 2.75) is 32.1 Å². The van der Waals surface area contributed by atoms with E-state index in [1.54, 1.807) is 14.0 Å². The third-order valence-corrected chi connectivity index (χ3v) is 2.97. The maximum absolute atomic E-state index is 11.6. The number of carbonyl (C=O) groups excluding carboxylic acids is 1. The molecule has 2 atom stereocenters. The van der Waals surface area contributed by atoms with Crippen LogP contribution in [-0.4, -0.2) is 40.9 Å². The van der Waals surface area contributed by atoms with E-state index in [9.17, 15) is 4.79 Å². The fraction of sp³-hybridized carbons (Fsp3) is 0.889. The molecule has 78 valence electrons. The number of likely N-dealkylation sites (N-methyl/N-ethyl adjacent to an activating group) is 1. The zero-order valence-electron chi connectivity index (χ0n) is 8.69. The van der Waals surface area contributed by atoms with E-state index in [-0.39, 0.29) is 29.7 Å². The van der Waals surface area contributed by atoms with Crippen molar-refractivity contribution in [2.24, 2.45) is 5.92 Å². The predicted molar refractivity (Wildman–Crippen MR) is 56.9 cm³/mol.